The molecule has 7 nitrogen and oxygen atoms in total. The van der Waals surface area contributed by atoms with Crippen LogP contribution in [0.15, 0.2) is 12.1 Å². The summed E-state index contributed by atoms with van der Waals surface area (Å²) in [6.45, 7) is 2.44. The summed E-state index contributed by atoms with van der Waals surface area (Å²) in [4.78, 5) is 24.5. The third-order valence-corrected chi connectivity index (χ3v) is 5.02. The van der Waals surface area contributed by atoms with Crippen molar-refractivity contribution in [3.63, 3.8) is 0 Å². The van der Waals surface area contributed by atoms with Crippen molar-refractivity contribution in [2.45, 2.75) is 45.1 Å². The number of carbonyl (C=O) groups excluding carboxylic acids is 2. The number of hydrogen-bond donors (Lipinski definition) is 2. The van der Waals surface area contributed by atoms with Gasteiger partial charge in [-0.1, -0.05) is 19.8 Å². The average molecular weight is 378 g/mol. The second kappa shape index (κ2) is 10.0. The van der Waals surface area contributed by atoms with E-state index in [0.717, 1.165) is 19.3 Å². The Morgan fingerprint density at radius 3 is 2.22 bits per heavy atom. The average Bonchev–Trinajstić information content (AvgIpc) is 2.68. The molecule has 27 heavy (non-hydrogen) atoms. The number of nitrogens with one attached hydrogen (secondary N) is 2. The van der Waals surface area contributed by atoms with Crippen LogP contribution in [0.5, 0.6) is 17.2 Å². The fourth-order valence-corrected chi connectivity index (χ4v) is 3.41. The molecule has 1 aromatic carbocycles. The lowest BCUT2D eigenvalue weighted by atomic mass is 9.86. The van der Waals surface area contributed by atoms with Crippen molar-refractivity contribution in [3.05, 3.63) is 17.7 Å². The van der Waals surface area contributed by atoms with Gasteiger partial charge in [-0.2, -0.15) is 0 Å². The van der Waals surface area contributed by atoms with Crippen LogP contribution in [-0.4, -0.2) is 45.7 Å². The molecular formula is C20H30N2O5. The molecule has 1 fully saturated rings. The predicted octanol–water partition coefficient (Wildman–Crippen LogP) is 2.53. The van der Waals surface area contributed by atoms with Gasteiger partial charge in [0.15, 0.2) is 11.5 Å². The van der Waals surface area contributed by atoms with Crippen LogP contribution in [0.1, 0.15) is 49.4 Å². The summed E-state index contributed by atoms with van der Waals surface area (Å²) < 4.78 is 15.8. The van der Waals surface area contributed by atoms with E-state index < -0.39 is 0 Å². The third kappa shape index (κ3) is 5.52. The lowest BCUT2D eigenvalue weighted by Crippen LogP contribution is -2.42. The minimum atomic E-state index is -0.298. The van der Waals surface area contributed by atoms with Crippen molar-refractivity contribution in [1.29, 1.82) is 0 Å². The maximum absolute atomic E-state index is 12.4. The highest BCUT2D eigenvalue weighted by Gasteiger charge is 2.22. The molecule has 0 unspecified atom stereocenters. The van der Waals surface area contributed by atoms with Crippen LogP contribution in [0, 0.1) is 5.92 Å². The molecule has 0 radical (unpaired) electrons. The van der Waals surface area contributed by atoms with Gasteiger partial charge in [-0.25, -0.2) is 0 Å². The molecule has 1 aromatic rings. The van der Waals surface area contributed by atoms with E-state index in [0.29, 0.717) is 28.7 Å². The van der Waals surface area contributed by atoms with Gasteiger partial charge in [0.25, 0.3) is 5.91 Å². The Balaban J connectivity index is 1.89. The molecule has 2 rings (SSSR count). The first kappa shape index (κ1) is 20.9. The normalized spacial score (nSPS) is 19.1. The number of carbonyl (C=O) groups is 2. The van der Waals surface area contributed by atoms with Gasteiger partial charge >= 0.3 is 0 Å². The zero-order valence-electron chi connectivity index (χ0n) is 16.6. The number of hydrogen-bond acceptors (Lipinski definition) is 5. The molecular weight excluding hydrogens is 348 g/mol. The second-order valence-electron chi connectivity index (χ2n) is 6.86. The molecule has 2 amide bonds. The van der Waals surface area contributed by atoms with Gasteiger partial charge in [0.2, 0.25) is 11.7 Å². The Kier molecular flexibility index (Phi) is 7.76. The van der Waals surface area contributed by atoms with Crippen molar-refractivity contribution in [2.24, 2.45) is 5.92 Å². The minimum Gasteiger partial charge on any atom is -0.493 e. The molecule has 0 heterocycles. The highest BCUT2D eigenvalue weighted by atomic mass is 16.5. The van der Waals surface area contributed by atoms with Crippen LogP contribution in [-0.2, 0) is 4.79 Å². The number of ether oxygens (including phenoxy) is 3. The number of methoxy groups -OCH3 is 3. The highest BCUT2D eigenvalue weighted by Crippen LogP contribution is 2.38. The maximum atomic E-state index is 12.4. The fourth-order valence-electron chi connectivity index (χ4n) is 3.41. The van der Waals surface area contributed by atoms with Gasteiger partial charge in [-0.05, 0) is 30.9 Å². The molecule has 1 aliphatic rings. The molecule has 150 valence electrons. The van der Waals surface area contributed by atoms with Gasteiger partial charge in [-0.3, -0.25) is 9.59 Å². The van der Waals surface area contributed by atoms with E-state index in [2.05, 4.69) is 17.6 Å². The van der Waals surface area contributed by atoms with Crippen LogP contribution in [0.25, 0.3) is 0 Å². The Morgan fingerprint density at radius 1 is 1.04 bits per heavy atom. The number of rotatable bonds is 8. The van der Waals surface area contributed by atoms with Gasteiger partial charge in [0, 0.05) is 24.6 Å². The van der Waals surface area contributed by atoms with E-state index in [1.807, 2.05) is 0 Å². The van der Waals surface area contributed by atoms with E-state index in [9.17, 15) is 9.59 Å². The minimum absolute atomic E-state index is 0.0288. The summed E-state index contributed by atoms with van der Waals surface area (Å²) in [7, 11) is 4.50. The van der Waals surface area contributed by atoms with E-state index in [-0.39, 0.29) is 30.8 Å². The van der Waals surface area contributed by atoms with E-state index in [1.54, 1.807) is 12.1 Å². The Morgan fingerprint density at radius 2 is 1.67 bits per heavy atom. The van der Waals surface area contributed by atoms with Crippen LogP contribution in [0.2, 0.25) is 0 Å². The number of benzene rings is 1. The molecule has 2 atom stereocenters. The zero-order valence-corrected chi connectivity index (χ0v) is 16.6. The second-order valence-corrected chi connectivity index (χ2v) is 6.86. The fraction of sp³-hybridized carbons (Fsp3) is 0.600. The van der Waals surface area contributed by atoms with Gasteiger partial charge in [-0.15, -0.1) is 0 Å². The van der Waals surface area contributed by atoms with E-state index >= 15 is 0 Å². The van der Waals surface area contributed by atoms with E-state index in [4.69, 9.17) is 14.2 Å². The Hall–Kier alpha value is -2.44. The van der Waals surface area contributed by atoms with Crippen LogP contribution >= 0.6 is 0 Å². The lowest BCUT2D eigenvalue weighted by molar-refractivity contribution is -0.122. The first-order chi connectivity index (χ1) is 13.0. The van der Waals surface area contributed by atoms with Crippen LogP contribution in [0.3, 0.4) is 0 Å². The molecule has 7 heteroatoms. The molecule has 0 saturated heterocycles. The summed E-state index contributed by atoms with van der Waals surface area (Å²) in [5.74, 6) is 1.43. The van der Waals surface area contributed by atoms with Crippen molar-refractivity contribution >= 4 is 11.8 Å². The first-order valence-corrected chi connectivity index (χ1v) is 9.37. The van der Waals surface area contributed by atoms with Gasteiger partial charge in [0.1, 0.15) is 0 Å². The molecule has 0 spiro atoms. The summed E-state index contributed by atoms with van der Waals surface area (Å²) in [5, 5.41) is 5.85. The standard InChI is InChI=1S/C20H30N2O5/c1-13-7-5-6-8-15(13)22-18(23)9-10-21-20(24)14-11-16(25-2)19(27-4)17(12-14)26-3/h11-13,15H,5-10H2,1-4H3,(H,21,24)(H,22,23)/t13-,15+/m0/s1. The molecule has 0 aliphatic heterocycles. The first-order valence-electron chi connectivity index (χ1n) is 9.37. The van der Waals surface area contributed by atoms with E-state index in [1.165, 1.54) is 27.8 Å². The smallest absolute Gasteiger partial charge is 0.251 e. The maximum Gasteiger partial charge on any atom is 0.251 e. The lowest BCUT2D eigenvalue weighted by Gasteiger charge is -2.29. The highest BCUT2D eigenvalue weighted by molar-refractivity contribution is 5.95. The molecule has 0 bridgehead atoms. The van der Waals surface area contributed by atoms with Crippen molar-refractivity contribution in [1.82, 2.24) is 10.6 Å². The van der Waals surface area contributed by atoms with Gasteiger partial charge < -0.3 is 24.8 Å². The Labute approximate surface area is 160 Å². The van der Waals surface area contributed by atoms with Gasteiger partial charge in [0.05, 0.1) is 21.3 Å². The van der Waals surface area contributed by atoms with Crippen molar-refractivity contribution in [3.8, 4) is 17.2 Å². The van der Waals surface area contributed by atoms with Crippen molar-refractivity contribution < 1.29 is 23.8 Å². The Bertz CT molecular complexity index is 637. The monoisotopic (exact) mass is 378 g/mol. The summed E-state index contributed by atoms with van der Waals surface area (Å²) in [6.07, 6.45) is 4.83. The SMILES string of the molecule is COc1cc(C(=O)NCCC(=O)N[C@@H]2CCCC[C@@H]2C)cc(OC)c1OC. The zero-order chi connectivity index (χ0) is 19.8. The van der Waals surface area contributed by atoms with Crippen molar-refractivity contribution in [2.75, 3.05) is 27.9 Å². The largest absolute Gasteiger partial charge is 0.493 e. The number of amides is 2. The summed E-state index contributed by atoms with van der Waals surface area (Å²) in [5.41, 5.74) is 0.380. The summed E-state index contributed by atoms with van der Waals surface area (Å²) >= 11 is 0. The van der Waals surface area contributed by atoms with Crippen LogP contribution in [0.4, 0.5) is 0 Å². The topological polar surface area (TPSA) is 85.9 Å². The molecule has 1 saturated carbocycles. The quantitative estimate of drug-likeness (QED) is 0.726. The third-order valence-electron chi connectivity index (χ3n) is 5.02. The summed E-state index contributed by atoms with van der Waals surface area (Å²) in [6, 6.07) is 3.41. The van der Waals surface area contributed by atoms with Crippen LogP contribution < -0.4 is 24.8 Å². The molecule has 0 aromatic heterocycles. The molecule has 2 N–H and O–H groups in total. The molecule has 1 aliphatic carbocycles. The predicted molar refractivity (Wildman–Crippen MR) is 103 cm³/mol.